The van der Waals surface area contributed by atoms with E-state index < -0.39 is 10.0 Å². The number of carbonyl (C=O) groups is 1. The fourth-order valence-electron chi connectivity index (χ4n) is 4.96. The van der Waals surface area contributed by atoms with Crippen molar-refractivity contribution in [1.82, 2.24) is 19.4 Å². The molecule has 3 heterocycles. The number of aromatic nitrogens is 2. The summed E-state index contributed by atoms with van der Waals surface area (Å²) in [6.07, 6.45) is 0. The Balaban J connectivity index is 1.40. The minimum Gasteiger partial charge on any atom is -0.335 e. The highest BCUT2D eigenvalue weighted by Gasteiger charge is 2.28. The number of fused-ring (bicyclic) bond motifs is 2. The predicted molar refractivity (Wildman–Crippen MR) is 156 cm³/mol. The molecule has 0 atom stereocenters. The van der Waals surface area contributed by atoms with Gasteiger partial charge in [0.25, 0.3) is 15.9 Å². The van der Waals surface area contributed by atoms with Crippen molar-refractivity contribution in [3.8, 4) is 0 Å². The third-order valence-corrected chi connectivity index (χ3v) is 10.2. The zero-order valence-electron chi connectivity index (χ0n) is 21.8. The SMILES string of the molecule is CN1CCN(C(=O)c2cc3cc(N(Cc4nc5ccccc5n4C)S(=O)(=O)c4ccccc4)ccc3s2)CC1. The van der Waals surface area contributed by atoms with Gasteiger partial charge in [0.2, 0.25) is 0 Å². The van der Waals surface area contributed by atoms with Crippen LogP contribution in [0.5, 0.6) is 0 Å². The van der Waals surface area contributed by atoms with E-state index >= 15 is 0 Å². The summed E-state index contributed by atoms with van der Waals surface area (Å²) in [4.78, 5) is 22.9. The predicted octanol–water partition coefficient (Wildman–Crippen LogP) is 4.57. The van der Waals surface area contributed by atoms with E-state index in [-0.39, 0.29) is 17.3 Å². The molecule has 0 aliphatic carbocycles. The molecule has 5 aromatic rings. The van der Waals surface area contributed by atoms with E-state index in [4.69, 9.17) is 4.98 Å². The number of hydrogen-bond acceptors (Lipinski definition) is 6. The number of nitrogens with zero attached hydrogens (tertiary/aromatic N) is 5. The highest BCUT2D eigenvalue weighted by molar-refractivity contribution is 7.92. The standard InChI is InChI=1S/C29H29N5O3S2/c1-31-14-16-33(17-15-31)29(35)27-19-21-18-22(12-13-26(21)38-27)34(39(36,37)23-8-4-3-5-9-23)20-28-30-24-10-6-7-11-25(24)32(28)2/h3-13,18-19H,14-17,20H2,1-2H3. The molecule has 1 aliphatic heterocycles. The minimum absolute atomic E-state index is 0.0271. The van der Waals surface area contributed by atoms with Gasteiger partial charge in [-0.15, -0.1) is 11.3 Å². The van der Waals surface area contributed by atoms with Crippen molar-refractivity contribution in [2.75, 3.05) is 37.5 Å². The van der Waals surface area contributed by atoms with E-state index in [1.54, 1.807) is 30.3 Å². The highest BCUT2D eigenvalue weighted by atomic mass is 32.2. The molecule has 1 aliphatic rings. The van der Waals surface area contributed by atoms with Crippen molar-refractivity contribution < 1.29 is 13.2 Å². The van der Waals surface area contributed by atoms with Gasteiger partial charge in [0.1, 0.15) is 5.82 Å². The minimum atomic E-state index is -3.90. The van der Waals surface area contributed by atoms with Gasteiger partial charge < -0.3 is 14.4 Å². The van der Waals surface area contributed by atoms with Crippen LogP contribution < -0.4 is 4.31 Å². The van der Waals surface area contributed by atoms with Crippen LogP contribution in [-0.4, -0.2) is 66.9 Å². The number of anilines is 1. The van der Waals surface area contributed by atoms with E-state index in [1.807, 2.05) is 65.0 Å². The molecule has 2 aromatic heterocycles. The van der Waals surface area contributed by atoms with Crippen molar-refractivity contribution >= 4 is 54.1 Å². The summed E-state index contributed by atoms with van der Waals surface area (Å²) in [5.41, 5.74) is 2.27. The van der Waals surface area contributed by atoms with Crippen LogP contribution >= 0.6 is 11.3 Å². The van der Waals surface area contributed by atoms with Crippen LogP contribution in [0.1, 0.15) is 15.5 Å². The molecule has 0 bridgehead atoms. The molecule has 0 radical (unpaired) electrons. The van der Waals surface area contributed by atoms with E-state index in [0.717, 1.165) is 34.2 Å². The Morgan fingerprint density at radius 2 is 1.64 bits per heavy atom. The monoisotopic (exact) mass is 559 g/mol. The lowest BCUT2D eigenvalue weighted by molar-refractivity contribution is 0.0669. The molecule has 39 heavy (non-hydrogen) atoms. The van der Waals surface area contributed by atoms with Gasteiger partial charge in [-0.1, -0.05) is 30.3 Å². The number of sulfonamides is 1. The topological polar surface area (TPSA) is 78.8 Å². The first-order chi connectivity index (χ1) is 18.8. The molecule has 0 unspecified atom stereocenters. The number of piperazine rings is 1. The van der Waals surface area contributed by atoms with Crippen LogP contribution in [-0.2, 0) is 23.6 Å². The number of thiophene rings is 1. The first kappa shape index (κ1) is 25.5. The maximum Gasteiger partial charge on any atom is 0.264 e. The summed E-state index contributed by atoms with van der Waals surface area (Å²) < 4.78 is 32.2. The molecule has 1 saturated heterocycles. The van der Waals surface area contributed by atoms with Crippen molar-refractivity contribution in [3.05, 3.63) is 89.6 Å². The Morgan fingerprint density at radius 1 is 0.923 bits per heavy atom. The molecule has 10 heteroatoms. The average molecular weight is 560 g/mol. The van der Waals surface area contributed by atoms with Crippen molar-refractivity contribution in [2.24, 2.45) is 7.05 Å². The number of hydrogen-bond donors (Lipinski definition) is 0. The molecule has 8 nitrogen and oxygen atoms in total. The average Bonchev–Trinajstić information content (AvgIpc) is 3.52. The quantitative estimate of drug-likeness (QED) is 0.305. The fourth-order valence-corrected chi connectivity index (χ4v) is 7.40. The van der Waals surface area contributed by atoms with Crippen molar-refractivity contribution in [3.63, 3.8) is 0 Å². The first-order valence-corrected chi connectivity index (χ1v) is 15.1. The van der Waals surface area contributed by atoms with Crippen LogP contribution in [0.4, 0.5) is 5.69 Å². The Bertz CT molecular complexity index is 1770. The van der Waals surface area contributed by atoms with Gasteiger partial charge in [-0.05, 0) is 61.0 Å². The fraction of sp³-hybridized carbons (Fsp3) is 0.241. The molecule has 1 fully saturated rings. The van der Waals surface area contributed by atoms with E-state index in [9.17, 15) is 13.2 Å². The van der Waals surface area contributed by atoms with Crippen LogP contribution in [0.3, 0.4) is 0 Å². The number of para-hydroxylation sites is 2. The van der Waals surface area contributed by atoms with Gasteiger partial charge in [0.15, 0.2) is 0 Å². The number of imidazole rings is 1. The number of rotatable bonds is 6. The van der Waals surface area contributed by atoms with Gasteiger partial charge in [-0.2, -0.15) is 0 Å². The van der Waals surface area contributed by atoms with E-state index in [2.05, 4.69) is 11.9 Å². The molecular weight excluding hydrogens is 530 g/mol. The molecule has 0 saturated carbocycles. The summed E-state index contributed by atoms with van der Waals surface area (Å²) in [5.74, 6) is 0.659. The number of aryl methyl sites for hydroxylation is 1. The molecule has 6 rings (SSSR count). The van der Waals surface area contributed by atoms with Crippen LogP contribution in [0.25, 0.3) is 21.1 Å². The maximum absolute atomic E-state index is 14.0. The number of benzene rings is 3. The maximum atomic E-state index is 14.0. The zero-order valence-corrected chi connectivity index (χ0v) is 23.5. The Kier molecular flexibility index (Phi) is 6.62. The summed E-state index contributed by atoms with van der Waals surface area (Å²) in [5, 5.41) is 0.841. The lowest BCUT2D eigenvalue weighted by atomic mass is 10.2. The number of carbonyl (C=O) groups excluding carboxylic acids is 1. The van der Waals surface area contributed by atoms with Gasteiger partial charge in [-0.3, -0.25) is 9.10 Å². The molecule has 200 valence electrons. The number of likely N-dealkylation sites (N-methyl/N-ethyl adjacent to an activating group) is 1. The summed E-state index contributed by atoms with van der Waals surface area (Å²) in [7, 11) is 0.0568. The molecular formula is C29H29N5O3S2. The summed E-state index contributed by atoms with van der Waals surface area (Å²) in [6.45, 7) is 3.18. The second-order valence-corrected chi connectivity index (χ2v) is 12.8. The molecule has 0 spiro atoms. The number of amides is 1. The lowest BCUT2D eigenvalue weighted by Gasteiger charge is -2.32. The van der Waals surface area contributed by atoms with Crippen molar-refractivity contribution in [2.45, 2.75) is 11.4 Å². The first-order valence-electron chi connectivity index (χ1n) is 12.8. The van der Waals surface area contributed by atoms with Crippen LogP contribution in [0, 0.1) is 0 Å². The summed E-state index contributed by atoms with van der Waals surface area (Å²) >= 11 is 1.44. The van der Waals surface area contributed by atoms with Crippen LogP contribution in [0.15, 0.2) is 83.8 Å². The van der Waals surface area contributed by atoms with E-state index in [0.29, 0.717) is 29.5 Å². The van der Waals surface area contributed by atoms with Crippen molar-refractivity contribution in [1.29, 1.82) is 0 Å². The third-order valence-electron chi connectivity index (χ3n) is 7.29. The van der Waals surface area contributed by atoms with Gasteiger partial charge in [0.05, 0.1) is 33.0 Å². The van der Waals surface area contributed by atoms with Gasteiger partial charge in [0, 0.05) is 37.9 Å². The normalized spacial score (nSPS) is 14.8. The Labute approximate surface area is 231 Å². The Hall–Kier alpha value is -3.73. The second kappa shape index (κ2) is 10.1. The molecule has 3 aromatic carbocycles. The molecule has 0 N–H and O–H groups in total. The largest absolute Gasteiger partial charge is 0.335 e. The second-order valence-electron chi connectivity index (χ2n) is 9.83. The smallest absolute Gasteiger partial charge is 0.264 e. The molecule has 1 amide bonds. The third kappa shape index (κ3) is 4.80. The van der Waals surface area contributed by atoms with Crippen LogP contribution in [0.2, 0.25) is 0 Å². The highest BCUT2D eigenvalue weighted by Crippen LogP contribution is 2.33. The van der Waals surface area contributed by atoms with E-state index in [1.165, 1.54) is 15.6 Å². The summed E-state index contributed by atoms with van der Waals surface area (Å²) in [6, 6.07) is 23.7. The lowest BCUT2D eigenvalue weighted by Crippen LogP contribution is -2.46. The van der Waals surface area contributed by atoms with Gasteiger partial charge >= 0.3 is 0 Å². The van der Waals surface area contributed by atoms with Gasteiger partial charge in [-0.25, -0.2) is 13.4 Å². The zero-order chi connectivity index (χ0) is 27.1. The Morgan fingerprint density at radius 3 is 2.38 bits per heavy atom.